The third-order valence-electron chi connectivity index (χ3n) is 6.19. The molecule has 0 spiro atoms. The Bertz CT molecular complexity index is 1510. The van der Waals surface area contributed by atoms with Crippen molar-refractivity contribution >= 4 is 27.7 Å². The molecule has 1 fully saturated rings. The molecule has 210 valence electrons. The Hall–Kier alpha value is -4.31. The van der Waals surface area contributed by atoms with Gasteiger partial charge in [0.05, 0.1) is 26.2 Å². The number of hydrogen-bond donors (Lipinski definition) is 2. The van der Waals surface area contributed by atoms with Gasteiger partial charge in [0, 0.05) is 48.7 Å². The lowest BCUT2D eigenvalue weighted by Crippen LogP contribution is -2.38. The fourth-order valence-electron chi connectivity index (χ4n) is 4.13. The molecule has 40 heavy (non-hydrogen) atoms. The maximum Gasteiger partial charge on any atom is 0.266 e. The molecule has 1 aromatic heterocycles. The molecule has 0 radical (unpaired) electrons. The number of nitrogens with zero attached hydrogens (tertiary/aromatic N) is 1. The first-order valence-corrected chi connectivity index (χ1v) is 13.8. The second-order valence-corrected chi connectivity index (χ2v) is 10.5. The van der Waals surface area contributed by atoms with Crippen molar-refractivity contribution in [3.63, 3.8) is 0 Å². The van der Waals surface area contributed by atoms with Crippen LogP contribution in [0.15, 0.2) is 63.4 Å². The van der Waals surface area contributed by atoms with Gasteiger partial charge in [0.25, 0.3) is 5.91 Å². The maximum absolute atomic E-state index is 12.8. The van der Waals surface area contributed by atoms with E-state index in [4.69, 9.17) is 23.4 Å². The van der Waals surface area contributed by atoms with Gasteiger partial charge in [-0.05, 0) is 49.2 Å². The first-order chi connectivity index (χ1) is 19.3. The zero-order chi connectivity index (χ0) is 28.7. The smallest absolute Gasteiger partial charge is 0.266 e. The Morgan fingerprint density at radius 3 is 2.23 bits per heavy atom. The molecule has 0 aliphatic carbocycles. The molecule has 1 aliphatic rings. The van der Waals surface area contributed by atoms with Gasteiger partial charge in [-0.25, -0.2) is 13.1 Å². The SMILES string of the molecule is COc1cc(NC(=O)/C(C#N)=C/c2ccc(-c3ccc(S(=O)(=O)NC4CCOCC4)cc3)o2)cc(OC)c1OC. The van der Waals surface area contributed by atoms with Crippen LogP contribution >= 0.6 is 0 Å². The highest BCUT2D eigenvalue weighted by atomic mass is 32.2. The number of anilines is 1. The predicted octanol–water partition coefficient (Wildman–Crippen LogP) is 3.98. The second-order valence-electron chi connectivity index (χ2n) is 8.77. The summed E-state index contributed by atoms with van der Waals surface area (Å²) in [4.78, 5) is 13.0. The first-order valence-electron chi connectivity index (χ1n) is 12.3. The van der Waals surface area contributed by atoms with Crippen molar-refractivity contribution in [1.29, 1.82) is 5.26 Å². The standard InChI is InChI=1S/C28H29N3O8S/c1-35-25-15-21(16-26(36-2)27(25)37-3)30-28(32)19(17-29)14-22-6-9-24(39-22)18-4-7-23(8-5-18)40(33,34)31-20-10-12-38-13-11-20/h4-9,14-16,20,31H,10-13H2,1-3H3,(H,30,32)/b19-14+. The summed E-state index contributed by atoms with van der Waals surface area (Å²) in [6, 6.07) is 14.4. The fraction of sp³-hybridized carbons (Fsp3) is 0.286. The Morgan fingerprint density at radius 2 is 1.65 bits per heavy atom. The number of nitriles is 1. The van der Waals surface area contributed by atoms with E-state index in [-0.39, 0.29) is 22.3 Å². The number of carbonyl (C=O) groups is 1. The molecule has 0 unspecified atom stereocenters. The van der Waals surface area contributed by atoms with E-state index in [9.17, 15) is 18.5 Å². The van der Waals surface area contributed by atoms with Crippen LogP contribution in [0.5, 0.6) is 17.2 Å². The largest absolute Gasteiger partial charge is 0.493 e. The van der Waals surface area contributed by atoms with Crippen molar-refractivity contribution in [2.75, 3.05) is 39.9 Å². The Morgan fingerprint density at radius 1 is 1.00 bits per heavy atom. The molecule has 1 aliphatic heterocycles. The number of ether oxygens (including phenoxy) is 4. The Balaban J connectivity index is 1.48. The molecule has 0 atom stereocenters. The molecule has 2 N–H and O–H groups in total. The molecule has 2 aromatic carbocycles. The minimum Gasteiger partial charge on any atom is -0.493 e. The Kier molecular flexibility index (Phi) is 9.11. The van der Waals surface area contributed by atoms with Crippen molar-refractivity contribution in [2.45, 2.75) is 23.8 Å². The first kappa shape index (κ1) is 28.7. The predicted molar refractivity (Wildman–Crippen MR) is 147 cm³/mol. The number of nitrogens with one attached hydrogen (secondary N) is 2. The van der Waals surface area contributed by atoms with Gasteiger partial charge in [0.2, 0.25) is 15.8 Å². The van der Waals surface area contributed by atoms with Gasteiger partial charge in [0.15, 0.2) is 11.5 Å². The molecule has 2 heterocycles. The number of benzene rings is 2. The summed E-state index contributed by atoms with van der Waals surface area (Å²) in [5, 5.41) is 12.3. The van der Waals surface area contributed by atoms with E-state index in [2.05, 4.69) is 10.0 Å². The molecule has 4 rings (SSSR count). The quantitative estimate of drug-likeness (QED) is 0.274. The zero-order valence-electron chi connectivity index (χ0n) is 22.2. The maximum atomic E-state index is 12.8. The van der Waals surface area contributed by atoms with Crippen LogP contribution < -0.4 is 24.2 Å². The minimum absolute atomic E-state index is 0.143. The third-order valence-corrected chi connectivity index (χ3v) is 7.73. The highest BCUT2D eigenvalue weighted by Gasteiger charge is 2.22. The summed E-state index contributed by atoms with van der Waals surface area (Å²) in [5.41, 5.74) is 0.766. The van der Waals surface area contributed by atoms with Gasteiger partial charge in [-0.1, -0.05) is 0 Å². The van der Waals surface area contributed by atoms with Crippen LogP contribution in [0.2, 0.25) is 0 Å². The molecular formula is C28H29N3O8S. The van der Waals surface area contributed by atoms with E-state index in [0.717, 1.165) is 0 Å². The van der Waals surface area contributed by atoms with Crippen LogP contribution in [0.25, 0.3) is 17.4 Å². The number of rotatable bonds is 10. The summed E-state index contributed by atoms with van der Waals surface area (Å²) >= 11 is 0. The Labute approximate surface area is 232 Å². The molecule has 0 saturated carbocycles. The average molecular weight is 568 g/mol. The van der Waals surface area contributed by atoms with Crippen molar-refractivity contribution in [3.8, 4) is 34.6 Å². The minimum atomic E-state index is -3.67. The topological polar surface area (TPSA) is 149 Å². The van der Waals surface area contributed by atoms with E-state index < -0.39 is 15.9 Å². The molecular weight excluding hydrogens is 538 g/mol. The molecule has 12 heteroatoms. The number of carbonyl (C=O) groups excluding carboxylic acids is 1. The lowest BCUT2D eigenvalue weighted by Gasteiger charge is -2.22. The summed E-state index contributed by atoms with van der Waals surface area (Å²) in [6.07, 6.45) is 2.57. The van der Waals surface area contributed by atoms with Crippen LogP contribution in [-0.4, -0.2) is 54.9 Å². The molecule has 3 aromatic rings. The number of sulfonamides is 1. The zero-order valence-corrected chi connectivity index (χ0v) is 23.0. The van der Waals surface area contributed by atoms with Crippen LogP contribution in [0.1, 0.15) is 18.6 Å². The van der Waals surface area contributed by atoms with Gasteiger partial charge < -0.3 is 28.7 Å². The lowest BCUT2D eigenvalue weighted by molar-refractivity contribution is -0.112. The van der Waals surface area contributed by atoms with Crippen molar-refractivity contribution in [3.05, 3.63) is 59.9 Å². The molecule has 1 amide bonds. The van der Waals surface area contributed by atoms with Gasteiger partial charge in [-0.15, -0.1) is 0 Å². The average Bonchev–Trinajstić information content (AvgIpc) is 3.44. The highest BCUT2D eigenvalue weighted by molar-refractivity contribution is 7.89. The fourth-order valence-corrected chi connectivity index (χ4v) is 5.43. The number of amides is 1. The van der Waals surface area contributed by atoms with Gasteiger partial charge in [-0.2, -0.15) is 5.26 Å². The van der Waals surface area contributed by atoms with E-state index in [1.807, 2.05) is 6.07 Å². The normalized spacial score (nSPS) is 14.3. The molecule has 11 nitrogen and oxygen atoms in total. The second kappa shape index (κ2) is 12.7. The van der Waals surface area contributed by atoms with E-state index in [0.29, 0.717) is 60.3 Å². The molecule has 0 bridgehead atoms. The number of furan rings is 1. The van der Waals surface area contributed by atoms with Crippen LogP contribution in [0.3, 0.4) is 0 Å². The summed E-state index contributed by atoms with van der Waals surface area (Å²) < 4.78 is 55.2. The van der Waals surface area contributed by atoms with Crippen LogP contribution in [0, 0.1) is 11.3 Å². The van der Waals surface area contributed by atoms with Crippen molar-refractivity contribution < 1.29 is 36.6 Å². The van der Waals surface area contributed by atoms with Crippen molar-refractivity contribution in [2.24, 2.45) is 0 Å². The van der Waals surface area contributed by atoms with Crippen LogP contribution in [0.4, 0.5) is 5.69 Å². The third kappa shape index (κ3) is 6.63. The summed E-state index contributed by atoms with van der Waals surface area (Å²) in [6.45, 7) is 1.06. The van der Waals surface area contributed by atoms with Gasteiger partial charge >= 0.3 is 0 Å². The van der Waals surface area contributed by atoms with Gasteiger partial charge in [0.1, 0.15) is 23.2 Å². The van der Waals surface area contributed by atoms with E-state index in [1.54, 1.807) is 36.4 Å². The van der Waals surface area contributed by atoms with Crippen molar-refractivity contribution in [1.82, 2.24) is 4.72 Å². The monoisotopic (exact) mass is 567 g/mol. The lowest BCUT2D eigenvalue weighted by atomic mass is 10.1. The summed E-state index contributed by atoms with van der Waals surface area (Å²) in [7, 11) is 0.703. The van der Waals surface area contributed by atoms with E-state index >= 15 is 0 Å². The summed E-state index contributed by atoms with van der Waals surface area (Å²) in [5.74, 6) is 1.09. The van der Waals surface area contributed by atoms with E-state index in [1.165, 1.54) is 39.5 Å². The van der Waals surface area contributed by atoms with Gasteiger partial charge in [-0.3, -0.25) is 4.79 Å². The highest BCUT2D eigenvalue weighted by Crippen LogP contribution is 2.40. The number of hydrogen-bond acceptors (Lipinski definition) is 9. The molecule has 1 saturated heterocycles. The van der Waals surface area contributed by atoms with Crippen LogP contribution in [-0.2, 0) is 19.6 Å². The number of methoxy groups -OCH3 is 3.